The van der Waals surface area contributed by atoms with Crippen LogP contribution in [-0.2, 0) is 16.1 Å². The van der Waals surface area contributed by atoms with Crippen LogP contribution in [0, 0.1) is 13.8 Å². The number of carbonyl (C=O) groups excluding carboxylic acids is 2. The minimum absolute atomic E-state index is 0.0618. The van der Waals surface area contributed by atoms with E-state index in [4.69, 9.17) is 0 Å². The molecule has 0 saturated carbocycles. The summed E-state index contributed by atoms with van der Waals surface area (Å²) < 4.78 is 1.70. The van der Waals surface area contributed by atoms with Crippen LogP contribution in [0.15, 0.2) is 6.07 Å². The maximum absolute atomic E-state index is 12.7. The molecule has 0 radical (unpaired) electrons. The molecule has 0 spiro atoms. The number of piperazine rings is 1. The molecular formula is C16H27N5O2. The molecule has 0 aromatic carbocycles. The summed E-state index contributed by atoms with van der Waals surface area (Å²) in [5.41, 5.74) is 1.84. The molecule has 1 fully saturated rings. The fourth-order valence-electron chi connectivity index (χ4n) is 3.02. The Morgan fingerprint density at radius 3 is 2.57 bits per heavy atom. The first-order chi connectivity index (χ1) is 10.8. The van der Waals surface area contributed by atoms with Crippen LogP contribution in [0.3, 0.4) is 0 Å². The lowest BCUT2D eigenvalue weighted by molar-refractivity contribution is -0.144. The number of nitrogens with zero attached hydrogens (tertiary/aromatic N) is 4. The number of hydrogen-bond donors (Lipinski definition) is 1. The predicted molar refractivity (Wildman–Crippen MR) is 88.0 cm³/mol. The Kier molecular flexibility index (Phi) is 5.41. The number of aryl methyl sites for hydroxylation is 2. The lowest BCUT2D eigenvalue weighted by Gasteiger charge is -2.42. The molecule has 2 amide bonds. The minimum Gasteiger partial charge on any atom is -0.357 e. The van der Waals surface area contributed by atoms with Gasteiger partial charge in [0.2, 0.25) is 11.8 Å². The first-order valence-electron chi connectivity index (χ1n) is 8.09. The highest BCUT2D eigenvalue weighted by molar-refractivity contribution is 5.88. The second-order valence-electron chi connectivity index (χ2n) is 6.39. The third kappa shape index (κ3) is 3.90. The van der Waals surface area contributed by atoms with Crippen LogP contribution < -0.4 is 5.32 Å². The molecule has 23 heavy (non-hydrogen) atoms. The van der Waals surface area contributed by atoms with Gasteiger partial charge in [-0.3, -0.25) is 19.2 Å². The molecule has 7 heteroatoms. The van der Waals surface area contributed by atoms with E-state index in [1.807, 2.05) is 19.9 Å². The Hall–Kier alpha value is -1.89. The van der Waals surface area contributed by atoms with E-state index in [2.05, 4.69) is 29.2 Å². The molecule has 1 saturated heterocycles. The third-order valence-corrected chi connectivity index (χ3v) is 4.40. The van der Waals surface area contributed by atoms with Crippen LogP contribution in [0.1, 0.15) is 25.2 Å². The number of aromatic nitrogens is 2. The first kappa shape index (κ1) is 17.5. The average Bonchev–Trinajstić information content (AvgIpc) is 2.83. The van der Waals surface area contributed by atoms with Crippen molar-refractivity contribution >= 4 is 11.8 Å². The van der Waals surface area contributed by atoms with Crippen molar-refractivity contribution in [2.24, 2.45) is 0 Å². The Morgan fingerprint density at radius 1 is 1.35 bits per heavy atom. The lowest BCUT2D eigenvalue weighted by atomic mass is 10.1. The van der Waals surface area contributed by atoms with E-state index in [1.54, 1.807) is 16.6 Å². The monoisotopic (exact) mass is 321 g/mol. The maximum atomic E-state index is 12.7. The molecule has 1 aromatic heterocycles. The van der Waals surface area contributed by atoms with Crippen molar-refractivity contribution in [3.63, 3.8) is 0 Å². The Morgan fingerprint density at radius 2 is 2.04 bits per heavy atom. The highest BCUT2D eigenvalue weighted by Crippen LogP contribution is 2.14. The zero-order chi connectivity index (χ0) is 17.1. The molecule has 1 aliphatic rings. The van der Waals surface area contributed by atoms with Crippen molar-refractivity contribution < 1.29 is 9.59 Å². The van der Waals surface area contributed by atoms with Gasteiger partial charge in [-0.05, 0) is 33.8 Å². The largest absolute Gasteiger partial charge is 0.357 e. The van der Waals surface area contributed by atoms with E-state index in [9.17, 15) is 9.59 Å². The smallest absolute Gasteiger partial charge is 0.245 e. The topological polar surface area (TPSA) is 70.5 Å². The maximum Gasteiger partial charge on any atom is 0.245 e. The molecule has 1 atom stereocenters. The SMILES string of the molecule is CNC(=O)C1CN(C(C)C)CCN1C(=O)Cn1nc(C)cc1C. The summed E-state index contributed by atoms with van der Waals surface area (Å²) in [5.74, 6) is -0.176. The van der Waals surface area contributed by atoms with Crippen LogP contribution >= 0.6 is 0 Å². The van der Waals surface area contributed by atoms with Crippen molar-refractivity contribution in [2.45, 2.75) is 46.3 Å². The fraction of sp³-hybridized carbons (Fsp3) is 0.688. The number of amides is 2. The summed E-state index contributed by atoms with van der Waals surface area (Å²) in [6, 6.07) is 1.86. The Labute approximate surface area is 137 Å². The summed E-state index contributed by atoms with van der Waals surface area (Å²) in [6.07, 6.45) is 0. The van der Waals surface area contributed by atoms with E-state index in [-0.39, 0.29) is 18.4 Å². The second kappa shape index (κ2) is 7.12. The normalized spacial score (nSPS) is 19.2. The summed E-state index contributed by atoms with van der Waals surface area (Å²) in [7, 11) is 1.61. The van der Waals surface area contributed by atoms with Gasteiger partial charge in [0, 0.05) is 38.4 Å². The number of nitrogens with one attached hydrogen (secondary N) is 1. The molecular weight excluding hydrogens is 294 g/mol. The fourth-order valence-corrected chi connectivity index (χ4v) is 3.02. The minimum atomic E-state index is -0.444. The predicted octanol–water partition coefficient (Wildman–Crippen LogP) is 0.167. The van der Waals surface area contributed by atoms with E-state index in [0.717, 1.165) is 17.9 Å². The molecule has 2 heterocycles. The van der Waals surface area contributed by atoms with Gasteiger partial charge >= 0.3 is 0 Å². The van der Waals surface area contributed by atoms with Crippen molar-refractivity contribution in [1.29, 1.82) is 0 Å². The summed E-state index contributed by atoms with van der Waals surface area (Å²) >= 11 is 0. The van der Waals surface area contributed by atoms with Gasteiger partial charge in [-0.25, -0.2) is 0 Å². The number of hydrogen-bond acceptors (Lipinski definition) is 4. The number of likely N-dealkylation sites (N-methyl/N-ethyl adjacent to an activating group) is 1. The van der Waals surface area contributed by atoms with Crippen LogP contribution in [0.25, 0.3) is 0 Å². The third-order valence-electron chi connectivity index (χ3n) is 4.40. The van der Waals surface area contributed by atoms with Gasteiger partial charge in [0.1, 0.15) is 12.6 Å². The lowest BCUT2D eigenvalue weighted by Crippen LogP contribution is -2.61. The molecule has 128 valence electrons. The molecule has 7 nitrogen and oxygen atoms in total. The summed E-state index contributed by atoms with van der Waals surface area (Å²) in [5, 5.41) is 7.01. The molecule has 0 aliphatic carbocycles. The van der Waals surface area contributed by atoms with Crippen LogP contribution in [0.2, 0.25) is 0 Å². The van der Waals surface area contributed by atoms with E-state index in [1.165, 1.54) is 0 Å². The van der Waals surface area contributed by atoms with Crippen molar-refractivity contribution in [3.05, 3.63) is 17.5 Å². The van der Waals surface area contributed by atoms with E-state index >= 15 is 0 Å². The number of rotatable bonds is 4. The summed E-state index contributed by atoms with van der Waals surface area (Å²) in [6.45, 7) is 10.1. The van der Waals surface area contributed by atoms with Gasteiger partial charge < -0.3 is 10.2 Å². The van der Waals surface area contributed by atoms with Gasteiger partial charge in [-0.2, -0.15) is 5.10 Å². The van der Waals surface area contributed by atoms with Crippen molar-refractivity contribution in [2.75, 3.05) is 26.7 Å². The van der Waals surface area contributed by atoms with Crippen molar-refractivity contribution in [3.8, 4) is 0 Å². The molecule has 1 N–H and O–H groups in total. The van der Waals surface area contributed by atoms with Crippen molar-refractivity contribution in [1.82, 2.24) is 24.9 Å². The molecule has 1 aromatic rings. The van der Waals surface area contributed by atoms with Crippen LogP contribution in [0.5, 0.6) is 0 Å². The Bertz CT molecular complexity index is 581. The standard InChI is InChI=1S/C16H27N5O2/c1-11(2)19-6-7-20(14(9-19)16(23)17-5)15(22)10-21-13(4)8-12(3)18-21/h8,11,14H,6-7,9-10H2,1-5H3,(H,17,23). The first-order valence-corrected chi connectivity index (χ1v) is 8.09. The van der Waals surface area contributed by atoms with Crippen LogP contribution in [0.4, 0.5) is 0 Å². The zero-order valence-electron chi connectivity index (χ0n) is 14.7. The van der Waals surface area contributed by atoms with Gasteiger partial charge in [0.15, 0.2) is 0 Å². The van der Waals surface area contributed by atoms with Gasteiger partial charge in [-0.1, -0.05) is 0 Å². The van der Waals surface area contributed by atoms with Gasteiger partial charge in [-0.15, -0.1) is 0 Å². The quantitative estimate of drug-likeness (QED) is 0.858. The molecule has 0 bridgehead atoms. The highest BCUT2D eigenvalue weighted by atomic mass is 16.2. The van der Waals surface area contributed by atoms with Gasteiger partial charge in [0.05, 0.1) is 5.69 Å². The van der Waals surface area contributed by atoms with Crippen LogP contribution in [-0.4, -0.2) is 70.2 Å². The molecule has 2 rings (SSSR count). The molecule has 1 unspecified atom stereocenters. The average molecular weight is 321 g/mol. The van der Waals surface area contributed by atoms with E-state index < -0.39 is 6.04 Å². The van der Waals surface area contributed by atoms with E-state index in [0.29, 0.717) is 19.1 Å². The Balaban J connectivity index is 2.13. The molecule has 1 aliphatic heterocycles. The zero-order valence-corrected chi connectivity index (χ0v) is 14.7. The second-order valence-corrected chi connectivity index (χ2v) is 6.39. The number of carbonyl (C=O) groups is 2. The van der Waals surface area contributed by atoms with Gasteiger partial charge in [0.25, 0.3) is 0 Å². The highest BCUT2D eigenvalue weighted by Gasteiger charge is 2.35. The summed E-state index contributed by atoms with van der Waals surface area (Å²) in [4.78, 5) is 28.8.